The average molecular weight is 303 g/mol. The molecule has 0 spiro atoms. The maximum absolute atomic E-state index is 6.40. The molecule has 1 aliphatic rings. The topological polar surface area (TPSA) is 51.6 Å². The number of nitrogens with zero attached hydrogens (tertiary/aromatic N) is 4. The van der Waals surface area contributed by atoms with Crippen molar-refractivity contribution in [2.45, 2.75) is 25.7 Å². The van der Waals surface area contributed by atoms with Crippen LogP contribution in [0.1, 0.15) is 23.3 Å². The summed E-state index contributed by atoms with van der Waals surface area (Å²) in [5.41, 5.74) is 2.06. The van der Waals surface area contributed by atoms with Crippen molar-refractivity contribution in [3.8, 4) is 11.5 Å². The van der Waals surface area contributed by atoms with Gasteiger partial charge >= 0.3 is 0 Å². The van der Waals surface area contributed by atoms with Crippen LogP contribution in [0.15, 0.2) is 18.6 Å². The molecule has 3 aromatic heterocycles. The number of halogens is 1. The number of fused-ring (bicyclic) bond motifs is 3. The molecule has 4 nitrogen and oxygen atoms in total. The van der Waals surface area contributed by atoms with Crippen LogP contribution in [0.5, 0.6) is 0 Å². The molecule has 0 N–H and O–H groups in total. The molecule has 0 atom stereocenters. The minimum atomic E-state index is 0.544. The summed E-state index contributed by atoms with van der Waals surface area (Å²) < 4.78 is 0. The number of hydrogen-bond acceptors (Lipinski definition) is 5. The van der Waals surface area contributed by atoms with Gasteiger partial charge in [-0.3, -0.25) is 0 Å². The standard InChI is InChI=1S/C14H11ClN4S/c15-12-11-8-3-1-2-4-10(8)20-14(11)19-13(18-12)9-5-6-16-7-17-9/h5-7H,1-4H2. The van der Waals surface area contributed by atoms with Gasteiger partial charge in [0.25, 0.3) is 0 Å². The van der Waals surface area contributed by atoms with Gasteiger partial charge in [-0.2, -0.15) is 0 Å². The first-order valence-electron chi connectivity index (χ1n) is 6.57. The first-order valence-corrected chi connectivity index (χ1v) is 7.76. The Morgan fingerprint density at radius 2 is 2.05 bits per heavy atom. The van der Waals surface area contributed by atoms with Gasteiger partial charge in [0.05, 0.1) is 5.39 Å². The molecule has 20 heavy (non-hydrogen) atoms. The molecule has 0 fully saturated rings. The zero-order valence-corrected chi connectivity index (χ0v) is 12.2. The van der Waals surface area contributed by atoms with E-state index in [0.717, 1.165) is 23.1 Å². The second kappa shape index (κ2) is 4.75. The van der Waals surface area contributed by atoms with Gasteiger partial charge in [-0.05, 0) is 37.3 Å². The van der Waals surface area contributed by atoms with E-state index in [-0.39, 0.29) is 0 Å². The fourth-order valence-electron chi connectivity index (χ4n) is 2.65. The lowest BCUT2D eigenvalue weighted by molar-refractivity contribution is 0.700. The minimum absolute atomic E-state index is 0.544. The highest BCUT2D eigenvalue weighted by Crippen LogP contribution is 2.39. The van der Waals surface area contributed by atoms with E-state index in [1.807, 2.05) is 0 Å². The van der Waals surface area contributed by atoms with E-state index < -0.39 is 0 Å². The van der Waals surface area contributed by atoms with Gasteiger partial charge < -0.3 is 0 Å². The van der Waals surface area contributed by atoms with Gasteiger partial charge in [0.2, 0.25) is 0 Å². The SMILES string of the molecule is Clc1nc(-c2ccncn2)nc2sc3c(c12)CCCC3. The Balaban J connectivity index is 1.95. The molecule has 0 saturated heterocycles. The van der Waals surface area contributed by atoms with Crippen LogP contribution < -0.4 is 0 Å². The summed E-state index contributed by atoms with van der Waals surface area (Å²) in [4.78, 5) is 19.6. The van der Waals surface area contributed by atoms with Crippen molar-refractivity contribution >= 4 is 33.2 Å². The molecule has 0 saturated carbocycles. The number of hydrogen-bond donors (Lipinski definition) is 0. The van der Waals surface area contributed by atoms with Crippen LogP contribution >= 0.6 is 22.9 Å². The van der Waals surface area contributed by atoms with Gasteiger partial charge in [0.1, 0.15) is 22.0 Å². The third kappa shape index (κ3) is 1.89. The van der Waals surface area contributed by atoms with Crippen LogP contribution in [-0.4, -0.2) is 19.9 Å². The van der Waals surface area contributed by atoms with Crippen molar-refractivity contribution in [2.24, 2.45) is 0 Å². The summed E-state index contributed by atoms with van der Waals surface area (Å²) in [6.07, 6.45) is 7.88. The molecule has 100 valence electrons. The summed E-state index contributed by atoms with van der Waals surface area (Å²) in [6.45, 7) is 0. The van der Waals surface area contributed by atoms with Gasteiger partial charge in [-0.1, -0.05) is 11.6 Å². The summed E-state index contributed by atoms with van der Waals surface area (Å²) in [5, 5.41) is 1.59. The normalized spacial score (nSPS) is 14.4. The Bertz CT molecular complexity index is 785. The summed E-state index contributed by atoms with van der Waals surface area (Å²) in [5.74, 6) is 0.573. The number of aryl methyl sites for hydroxylation is 2. The van der Waals surface area contributed by atoms with Gasteiger partial charge in [-0.25, -0.2) is 19.9 Å². The Kier molecular flexibility index (Phi) is 2.89. The highest BCUT2D eigenvalue weighted by Gasteiger charge is 2.20. The molecule has 0 radical (unpaired) electrons. The van der Waals surface area contributed by atoms with Crippen molar-refractivity contribution in [1.82, 2.24) is 19.9 Å². The maximum atomic E-state index is 6.40. The number of rotatable bonds is 1. The lowest BCUT2D eigenvalue weighted by atomic mass is 9.97. The third-order valence-corrected chi connectivity index (χ3v) is 5.04. The van der Waals surface area contributed by atoms with E-state index in [9.17, 15) is 0 Å². The molecule has 3 aromatic rings. The van der Waals surface area contributed by atoms with Crippen molar-refractivity contribution in [1.29, 1.82) is 0 Å². The third-order valence-electron chi connectivity index (χ3n) is 3.58. The second-order valence-electron chi connectivity index (χ2n) is 4.82. The quantitative estimate of drug-likeness (QED) is 0.643. The van der Waals surface area contributed by atoms with Crippen LogP contribution in [0.4, 0.5) is 0 Å². The summed E-state index contributed by atoms with van der Waals surface area (Å²) in [7, 11) is 0. The smallest absolute Gasteiger partial charge is 0.181 e. The van der Waals surface area contributed by atoms with E-state index in [1.54, 1.807) is 23.6 Å². The van der Waals surface area contributed by atoms with Gasteiger partial charge in [0, 0.05) is 11.1 Å². The summed E-state index contributed by atoms with van der Waals surface area (Å²) in [6, 6.07) is 1.80. The number of aromatic nitrogens is 4. The predicted molar refractivity (Wildman–Crippen MR) is 80.1 cm³/mol. The highest BCUT2D eigenvalue weighted by atomic mass is 35.5. The van der Waals surface area contributed by atoms with Crippen molar-refractivity contribution in [3.05, 3.63) is 34.2 Å². The van der Waals surface area contributed by atoms with Crippen LogP contribution in [0.25, 0.3) is 21.7 Å². The van der Waals surface area contributed by atoms with Crippen LogP contribution in [0.2, 0.25) is 5.15 Å². The van der Waals surface area contributed by atoms with E-state index in [1.165, 1.54) is 29.6 Å². The molecular weight excluding hydrogens is 292 g/mol. The van der Waals surface area contributed by atoms with E-state index in [0.29, 0.717) is 16.7 Å². The largest absolute Gasteiger partial charge is 0.245 e. The second-order valence-corrected chi connectivity index (χ2v) is 6.27. The first-order chi connectivity index (χ1) is 9.83. The Labute approximate surface area is 124 Å². The van der Waals surface area contributed by atoms with Crippen molar-refractivity contribution < 1.29 is 0 Å². The minimum Gasteiger partial charge on any atom is -0.245 e. The summed E-state index contributed by atoms with van der Waals surface area (Å²) >= 11 is 8.15. The van der Waals surface area contributed by atoms with E-state index >= 15 is 0 Å². The van der Waals surface area contributed by atoms with Crippen molar-refractivity contribution in [3.63, 3.8) is 0 Å². The zero-order valence-electron chi connectivity index (χ0n) is 10.6. The van der Waals surface area contributed by atoms with E-state index in [4.69, 9.17) is 11.6 Å². The highest BCUT2D eigenvalue weighted by molar-refractivity contribution is 7.19. The molecule has 4 rings (SSSR count). The predicted octanol–water partition coefficient (Wildman–Crippen LogP) is 3.68. The molecule has 0 aromatic carbocycles. The van der Waals surface area contributed by atoms with E-state index in [2.05, 4.69) is 19.9 Å². The molecule has 0 bridgehead atoms. The van der Waals surface area contributed by atoms with Crippen LogP contribution in [-0.2, 0) is 12.8 Å². The van der Waals surface area contributed by atoms with Gasteiger partial charge in [0.15, 0.2) is 5.82 Å². The molecule has 6 heteroatoms. The van der Waals surface area contributed by atoms with Gasteiger partial charge in [-0.15, -0.1) is 11.3 Å². The fraction of sp³-hybridized carbons (Fsp3) is 0.286. The molecule has 1 aliphatic carbocycles. The molecule has 0 amide bonds. The molecule has 0 aliphatic heterocycles. The van der Waals surface area contributed by atoms with Crippen LogP contribution in [0.3, 0.4) is 0 Å². The molecule has 0 unspecified atom stereocenters. The van der Waals surface area contributed by atoms with Crippen LogP contribution in [0, 0.1) is 0 Å². The Morgan fingerprint density at radius 3 is 2.90 bits per heavy atom. The monoisotopic (exact) mass is 302 g/mol. The zero-order chi connectivity index (χ0) is 13.5. The number of thiophene rings is 1. The molecular formula is C14H11ClN4S. The van der Waals surface area contributed by atoms with Crippen molar-refractivity contribution in [2.75, 3.05) is 0 Å². The fourth-order valence-corrected chi connectivity index (χ4v) is 4.25. The Hall–Kier alpha value is -1.59. The maximum Gasteiger partial charge on any atom is 0.181 e. The first kappa shape index (κ1) is 12.2. The lowest BCUT2D eigenvalue weighted by Gasteiger charge is -2.10. The molecule has 3 heterocycles. The Morgan fingerprint density at radius 1 is 1.15 bits per heavy atom. The average Bonchev–Trinajstić information content (AvgIpc) is 2.87. The lowest BCUT2D eigenvalue weighted by Crippen LogP contribution is -1.99.